The average molecular weight is 422 g/mol. The van der Waals surface area contributed by atoms with Crippen molar-refractivity contribution in [2.45, 2.75) is 31.7 Å². The zero-order valence-corrected chi connectivity index (χ0v) is 17.2. The molecule has 0 amide bonds. The van der Waals surface area contributed by atoms with Crippen molar-refractivity contribution < 1.29 is 4.74 Å². The van der Waals surface area contributed by atoms with Gasteiger partial charge in [-0.2, -0.15) is 4.98 Å². The summed E-state index contributed by atoms with van der Waals surface area (Å²) in [5.74, 6) is 1.47. The Morgan fingerprint density at radius 3 is 2.26 bits per heavy atom. The number of ether oxygens (including phenoxy) is 1. The number of fused-ring (bicyclic) bond motifs is 1. The van der Waals surface area contributed by atoms with E-state index in [4.69, 9.17) is 44.5 Å². The predicted molar refractivity (Wildman–Crippen MR) is 111 cm³/mol. The number of methoxy groups -OCH3 is 1. The van der Waals surface area contributed by atoms with Gasteiger partial charge in [0.1, 0.15) is 5.52 Å². The second-order valence-electron chi connectivity index (χ2n) is 7.55. The Balaban J connectivity index is 1.73. The van der Waals surface area contributed by atoms with Crippen molar-refractivity contribution in [1.82, 2.24) is 9.55 Å². The number of hydrogen-bond acceptors (Lipinski definition) is 2. The second-order valence-corrected chi connectivity index (χ2v) is 8.78. The number of para-hydroxylation sites is 1. The molecule has 140 valence electrons. The van der Waals surface area contributed by atoms with Crippen molar-refractivity contribution in [1.29, 1.82) is 0 Å². The quantitative estimate of drug-likeness (QED) is 0.413. The van der Waals surface area contributed by atoms with Crippen LogP contribution < -0.4 is 4.74 Å². The van der Waals surface area contributed by atoms with Crippen LogP contribution in [-0.2, 0) is 0 Å². The highest BCUT2D eigenvalue weighted by Gasteiger charge is 2.44. The first-order chi connectivity index (χ1) is 13.1. The largest absolute Gasteiger partial charge is 0.468 e. The molecular weight excluding hydrogens is 403 g/mol. The van der Waals surface area contributed by atoms with E-state index in [9.17, 15) is 0 Å². The van der Waals surface area contributed by atoms with Crippen molar-refractivity contribution in [2.24, 2.45) is 11.8 Å². The van der Waals surface area contributed by atoms with Crippen LogP contribution in [0.2, 0.25) is 15.1 Å². The lowest BCUT2D eigenvalue weighted by molar-refractivity contribution is 0.310. The van der Waals surface area contributed by atoms with Crippen LogP contribution in [0.25, 0.3) is 22.2 Å². The fourth-order valence-corrected chi connectivity index (χ4v) is 4.80. The lowest BCUT2D eigenvalue weighted by Gasteiger charge is -2.20. The number of halogens is 3. The highest BCUT2D eigenvalue weighted by atomic mass is 35.5. The average Bonchev–Trinajstić information content (AvgIpc) is 3.57. The second kappa shape index (κ2) is 6.58. The van der Waals surface area contributed by atoms with Crippen molar-refractivity contribution in [3.63, 3.8) is 0 Å². The van der Waals surface area contributed by atoms with Gasteiger partial charge in [0.15, 0.2) is 0 Å². The van der Waals surface area contributed by atoms with E-state index in [2.05, 4.69) is 10.6 Å². The maximum Gasteiger partial charge on any atom is 0.297 e. The van der Waals surface area contributed by atoms with E-state index in [0.29, 0.717) is 27.1 Å². The van der Waals surface area contributed by atoms with Gasteiger partial charge < -0.3 is 4.74 Å². The minimum Gasteiger partial charge on any atom is -0.468 e. The maximum absolute atomic E-state index is 6.49. The molecule has 0 spiro atoms. The van der Waals surface area contributed by atoms with Gasteiger partial charge in [0, 0.05) is 17.2 Å². The molecule has 0 unspecified atom stereocenters. The van der Waals surface area contributed by atoms with Crippen molar-refractivity contribution in [3.05, 3.63) is 45.4 Å². The summed E-state index contributed by atoms with van der Waals surface area (Å²) < 4.78 is 8.02. The van der Waals surface area contributed by atoms with Crippen LogP contribution in [-0.4, -0.2) is 16.7 Å². The molecule has 2 saturated carbocycles. The summed E-state index contributed by atoms with van der Waals surface area (Å²) in [6, 6.07) is 10.8. The fourth-order valence-electron chi connectivity index (χ4n) is 4.16. The predicted octanol–water partition coefficient (Wildman–Crippen LogP) is 7.03. The first-order valence-corrected chi connectivity index (χ1v) is 10.4. The molecule has 0 N–H and O–H groups in total. The number of nitrogens with zero attached hydrogens (tertiary/aromatic N) is 2. The summed E-state index contributed by atoms with van der Waals surface area (Å²) >= 11 is 18.9. The Hall–Kier alpha value is -1.42. The first-order valence-electron chi connectivity index (χ1n) is 9.28. The van der Waals surface area contributed by atoms with Gasteiger partial charge in [0.05, 0.1) is 27.7 Å². The molecule has 2 aliphatic carbocycles. The Labute approximate surface area is 173 Å². The van der Waals surface area contributed by atoms with Crippen molar-refractivity contribution >= 4 is 45.8 Å². The van der Waals surface area contributed by atoms with E-state index in [1.807, 2.05) is 18.2 Å². The molecule has 5 rings (SSSR count). The van der Waals surface area contributed by atoms with Gasteiger partial charge in [-0.05, 0) is 55.7 Å². The molecule has 27 heavy (non-hydrogen) atoms. The zero-order chi connectivity index (χ0) is 18.7. The number of benzene rings is 2. The van der Waals surface area contributed by atoms with Crippen LogP contribution in [0.15, 0.2) is 30.3 Å². The van der Waals surface area contributed by atoms with Gasteiger partial charge in [-0.15, -0.1) is 0 Å². The maximum atomic E-state index is 6.49. The molecular formula is C21H19Cl3N2O. The molecule has 1 aromatic heterocycles. The molecule has 3 nitrogen and oxygen atoms in total. The number of rotatable bonds is 5. The lowest BCUT2D eigenvalue weighted by atomic mass is 10.0. The fraction of sp³-hybridized carbons (Fsp3) is 0.381. The first kappa shape index (κ1) is 17.7. The summed E-state index contributed by atoms with van der Waals surface area (Å²) in [4.78, 5) is 4.85. The monoisotopic (exact) mass is 420 g/mol. The highest BCUT2D eigenvalue weighted by Crippen LogP contribution is 2.54. The molecule has 1 heterocycles. The van der Waals surface area contributed by atoms with Crippen LogP contribution in [0.3, 0.4) is 0 Å². The van der Waals surface area contributed by atoms with Crippen molar-refractivity contribution in [3.8, 4) is 17.1 Å². The molecule has 0 saturated heterocycles. The van der Waals surface area contributed by atoms with Gasteiger partial charge in [-0.3, -0.25) is 4.57 Å². The van der Waals surface area contributed by atoms with Gasteiger partial charge in [0.2, 0.25) is 0 Å². The summed E-state index contributed by atoms with van der Waals surface area (Å²) in [6.07, 6.45) is 5.18. The number of imidazole rings is 1. The number of aromatic nitrogens is 2. The molecule has 0 atom stereocenters. The van der Waals surface area contributed by atoms with Gasteiger partial charge in [-0.25, -0.2) is 0 Å². The van der Waals surface area contributed by atoms with Gasteiger partial charge in [-0.1, -0.05) is 46.9 Å². The minimum absolute atomic E-state index is 0.447. The third kappa shape index (κ3) is 3.00. The minimum atomic E-state index is 0.447. The topological polar surface area (TPSA) is 27.1 Å². The summed E-state index contributed by atoms with van der Waals surface area (Å²) in [7, 11) is 1.69. The van der Waals surface area contributed by atoms with E-state index in [-0.39, 0.29) is 0 Å². The molecule has 2 aliphatic rings. The van der Waals surface area contributed by atoms with E-state index < -0.39 is 0 Å². The third-order valence-electron chi connectivity index (χ3n) is 5.68. The highest BCUT2D eigenvalue weighted by molar-refractivity contribution is 6.44. The normalized spacial score (nSPS) is 17.1. The number of hydrogen-bond donors (Lipinski definition) is 0. The van der Waals surface area contributed by atoms with E-state index in [0.717, 1.165) is 34.0 Å². The molecule has 2 fully saturated rings. The van der Waals surface area contributed by atoms with Gasteiger partial charge in [0.25, 0.3) is 6.01 Å². The van der Waals surface area contributed by atoms with E-state index >= 15 is 0 Å². The molecule has 0 aliphatic heterocycles. The lowest BCUT2D eigenvalue weighted by Crippen LogP contribution is -2.14. The summed E-state index contributed by atoms with van der Waals surface area (Å²) in [6.45, 7) is 0. The van der Waals surface area contributed by atoms with E-state index in [1.54, 1.807) is 13.2 Å². The van der Waals surface area contributed by atoms with Crippen LogP contribution in [0.5, 0.6) is 6.01 Å². The van der Waals surface area contributed by atoms with Crippen molar-refractivity contribution in [2.75, 3.05) is 7.11 Å². The van der Waals surface area contributed by atoms with Crippen LogP contribution >= 0.6 is 34.8 Å². The Morgan fingerprint density at radius 1 is 0.963 bits per heavy atom. The SMILES string of the molecule is COc1nc2c(-c3cc(Cl)c(Cl)cc3Cl)cccc2n1C(C1CC1)C1CC1. The summed E-state index contributed by atoms with van der Waals surface area (Å²) in [5, 5.41) is 1.49. The molecule has 3 aromatic rings. The van der Waals surface area contributed by atoms with Crippen LogP contribution in [0.4, 0.5) is 0 Å². The Kier molecular flexibility index (Phi) is 4.30. The summed E-state index contributed by atoms with van der Waals surface area (Å²) in [5.41, 5.74) is 3.76. The van der Waals surface area contributed by atoms with Gasteiger partial charge >= 0.3 is 0 Å². The van der Waals surface area contributed by atoms with E-state index in [1.165, 1.54) is 25.7 Å². The smallest absolute Gasteiger partial charge is 0.297 e. The molecule has 0 radical (unpaired) electrons. The standard InChI is InChI=1S/C21H19Cl3N2O/c1-27-21-25-19-13(14-9-16(23)17(24)10-15(14)22)3-2-4-18(19)26(21)20(11-5-6-11)12-7-8-12/h2-4,9-12,20H,5-8H2,1H3. The van der Waals surface area contributed by atoms with Crippen LogP contribution in [0, 0.1) is 11.8 Å². The molecule has 6 heteroatoms. The van der Waals surface area contributed by atoms with Crippen LogP contribution in [0.1, 0.15) is 31.7 Å². The Bertz CT molecular complexity index is 1030. The molecule has 2 aromatic carbocycles. The third-order valence-corrected chi connectivity index (χ3v) is 6.71. The Morgan fingerprint density at radius 2 is 1.63 bits per heavy atom. The molecule has 0 bridgehead atoms. The zero-order valence-electron chi connectivity index (χ0n) is 14.9.